The average molecular weight is 276 g/mol. The Bertz CT molecular complexity index is 434. The third kappa shape index (κ3) is 4.76. The van der Waals surface area contributed by atoms with Crippen molar-refractivity contribution in [2.75, 3.05) is 25.4 Å². The molecule has 1 aromatic carbocycles. The summed E-state index contributed by atoms with van der Waals surface area (Å²) in [5, 5.41) is 0. The van der Waals surface area contributed by atoms with Gasteiger partial charge in [-0.3, -0.25) is 4.79 Å². The Morgan fingerprint density at radius 3 is 2.90 bits per heavy atom. The molecule has 0 bridgehead atoms. The van der Waals surface area contributed by atoms with Crippen molar-refractivity contribution in [1.82, 2.24) is 4.90 Å². The molecule has 110 valence electrons. The highest BCUT2D eigenvalue weighted by molar-refractivity contribution is 5.76. The van der Waals surface area contributed by atoms with Crippen LogP contribution in [0, 0.1) is 0 Å². The summed E-state index contributed by atoms with van der Waals surface area (Å²) in [7, 11) is 0. The van der Waals surface area contributed by atoms with Crippen molar-refractivity contribution in [3.05, 3.63) is 24.3 Å². The molecule has 0 saturated carbocycles. The molecule has 0 aliphatic carbocycles. The van der Waals surface area contributed by atoms with Crippen LogP contribution in [0.2, 0.25) is 0 Å². The molecule has 1 aliphatic heterocycles. The first-order chi connectivity index (χ1) is 9.75. The van der Waals surface area contributed by atoms with Crippen LogP contribution in [0.4, 0.5) is 5.69 Å². The van der Waals surface area contributed by atoms with Gasteiger partial charge < -0.3 is 15.4 Å². The number of rotatable bonds is 5. The molecule has 0 radical (unpaired) electrons. The van der Waals surface area contributed by atoms with Crippen molar-refractivity contribution >= 4 is 11.6 Å². The number of carbonyl (C=O) groups is 1. The van der Waals surface area contributed by atoms with Gasteiger partial charge >= 0.3 is 0 Å². The minimum absolute atomic E-state index is 0.300. The fourth-order valence-corrected chi connectivity index (χ4v) is 2.50. The summed E-state index contributed by atoms with van der Waals surface area (Å²) < 4.78 is 5.65. The Balaban J connectivity index is 1.70. The lowest BCUT2D eigenvalue weighted by Crippen LogP contribution is -2.34. The maximum absolute atomic E-state index is 11.9. The molecule has 4 heteroatoms. The SMILES string of the molecule is Nc1cccc(OCCCN2CCCCCCC2=O)c1. The van der Waals surface area contributed by atoms with Crippen LogP contribution >= 0.6 is 0 Å². The first-order valence-corrected chi connectivity index (χ1v) is 7.52. The van der Waals surface area contributed by atoms with Gasteiger partial charge in [-0.05, 0) is 31.4 Å². The van der Waals surface area contributed by atoms with Crippen molar-refractivity contribution in [2.45, 2.75) is 38.5 Å². The largest absolute Gasteiger partial charge is 0.493 e. The van der Waals surface area contributed by atoms with E-state index in [1.807, 2.05) is 29.2 Å². The van der Waals surface area contributed by atoms with Crippen molar-refractivity contribution < 1.29 is 9.53 Å². The lowest BCUT2D eigenvalue weighted by atomic mass is 10.1. The molecule has 1 aromatic rings. The standard InChI is InChI=1S/C16H24N2O2/c17-14-7-5-8-15(13-14)20-12-6-11-18-10-4-2-1-3-9-16(18)19/h5,7-8,13H,1-4,6,9-12,17H2. The number of nitrogens with two attached hydrogens (primary N) is 1. The molecule has 0 atom stereocenters. The molecular weight excluding hydrogens is 252 g/mol. The van der Waals surface area contributed by atoms with Gasteiger partial charge in [0, 0.05) is 31.3 Å². The first-order valence-electron chi connectivity index (χ1n) is 7.52. The second kappa shape index (κ2) is 7.78. The number of benzene rings is 1. The number of nitrogens with zero attached hydrogens (tertiary/aromatic N) is 1. The van der Waals surface area contributed by atoms with E-state index < -0.39 is 0 Å². The van der Waals surface area contributed by atoms with Crippen LogP contribution < -0.4 is 10.5 Å². The Morgan fingerprint density at radius 2 is 2.05 bits per heavy atom. The Morgan fingerprint density at radius 1 is 1.20 bits per heavy atom. The van der Waals surface area contributed by atoms with Gasteiger partial charge in [0.05, 0.1) is 6.61 Å². The molecule has 0 aromatic heterocycles. The van der Waals surface area contributed by atoms with Gasteiger partial charge in [-0.25, -0.2) is 0 Å². The van der Waals surface area contributed by atoms with Crippen molar-refractivity contribution in [1.29, 1.82) is 0 Å². The molecular formula is C16H24N2O2. The maximum atomic E-state index is 11.9. The zero-order valence-electron chi connectivity index (χ0n) is 12.0. The minimum atomic E-state index is 0.300. The second-order valence-corrected chi connectivity index (χ2v) is 5.32. The Kier molecular flexibility index (Phi) is 5.71. The Labute approximate surface area is 120 Å². The predicted molar refractivity (Wildman–Crippen MR) is 80.6 cm³/mol. The van der Waals surface area contributed by atoms with Gasteiger partial charge in [-0.15, -0.1) is 0 Å². The lowest BCUT2D eigenvalue weighted by molar-refractivity contribution is -0.131. The number of nitrogen functional groups attached to an aromatic ring is 1. The van der Waals surface area contributed by atoms with E-state index in [4.69, 9.17) is 10.5 Å². The minimum Gasteiger partial charge on any atom is -0.493 e. The molecule has 1 saturated heterocycles. The molecule has 1 heterocycles. The van der Waals surface area contributed by atoms with E-state index in [9.17, 15) is 4.79 Å². The van der Waals surface area contributed by atoms with E-state index in [0.29, 0.717) is 24.6 Å². The van der Waals surface area contributed by atoms with Crippen LogP contribution in [0.1, 0.15) is 38.5 Å². The van der Waals surface area contributed by atoms with Crippen LogP contribution in [0.15, 0.2) is 24.3 Å². The van der Waals surface area contributed by atoms with E-state index in [0.717, 1.165) is 38.1 Å². The number of amides is 1. The van der Waals surface area contributed by atoms with Crippen molar-refractivity contribution in [3.8, 4) is 5.75 Å². The fraction of sp³-hybridized carbons (Fsp3) is 0.562. The maximum Gasteiger partial charge on any atom is 0.222 e. The van der Waals surface area contributed by atoms with Crippen LogP contribution in [-0.4, -0.2) is 30.5 Å². The van der Waals surface area contributed by atoms with Gasteiger partial charge in [0.15, 0.2) is 0 Å². The van der Waals surface area contributed by atoms with Gasteiger partial charge in [-0.1, -0.05) is 18.9 Å². The summed E-state index contributed by atoms with van der Waals surface area (Å²) in [6.45, 7) is 2.31. The number of anilines is 1. The number of hydrogen-bond donors (Lipinski definition) is 1. The lowest BCUT2D eigenvalue weighted by Gasteiger charge is -2.24. The fourth-order valence-electron chi connectivity index (χ4n) is 2.50. The summed E-state index contributed by atoms with van der Waals surface area (Å²) in [5.41, 5.74) is 6.41. The van der Waals surface area contributed by atoms with E-state index >= 15 is 0 Å². The highest BCUT2D eigenvalue weighted by Gasteiger charge is 2.14. The summed E-state index contributed by atoms with van der Waals surface area (Å²) in [6, 6.07) is 7.44. The second-order valence-electron chi connectivity index (χ2n) is 5.32. The normalized spacial score (nSPS) is 16.6. The molecule has 1 fully saturated rings. The van der Waals surface area contributed by atoms with Crippen molar-refractivity contribution in [2.24, 2.45) is 0 Å². The topological polar surface area (TPSA) is 55.6 Å². The molecule has 1 aliphatic rings. The van der Waals surface area contributed by atoms with E-state index in [2.05, 4.69) is 0 Å². The molecule has 1 amide bonds. The highest BCUT2D eigenvalue weighted by atomic mass is 16.5. The van der Waals surface area contributed by atoms with Gasteiger partial charge in [-0.2, -0.15) is 0 Å². The van der Waals surface area contributed by atoms with E-state index in [1.54, 1.807) is 0 Å². The molecule has 2 N–H and O–H groups in total. The quantitative estimate of drug-likeness (QED) is 0.664. The summed E-state index contributed by atoms with van der Waals surface area (Å²) in [5.74, 6) is 1.10. The molecule has 0 spiro atoms. The summed E-state index contributed by atoms with van der Waals surface area (Å²) in [6.07, 6.45) is 6.16. The molecule has 0 unspecified atom stereocenters. The average Bonchev–Trinajstić information content (AvgIpc) is 2.42. The number of hydrogen-bond acceptors (Lipinski definition) is 3. The monoisotopic (exact) mass is 276 g/mol. The number of carbonyl (C=O) groups excluding carboxylic acids is 1. The van der Waals surface area contributed by atoms with Gasteiger partial charge in [0.1, 0.15) is 5.75 Å². The van der Waals surface area contributed by atoms with Crippen LogP contribution in [0.5, 0.6) is 5.75 Å². The molecule has 20 heavy (non-hydrogen) atoms. The zero-order chi connectivity index (χ0) is 14.2. The van der Waals surface area contributed by atoms with Gasteiger partial charge in [0.25, 0.3) is 0 Å². The summed E-state index contributed by atoms with van der Waals surface area (Å²) in [4.78, 5) is 13.9. The number of ether oxygens (including phenoxy) is 1. The zero-order valence-corrected chi connectivity index (χ0v) is 12.0. The number of likely N-dealkylation sites (tertiary alicyclic amines) is 1. The van der Waals surface area contributed by atoms with E-state index in [1.165, 1.54) is 12.8 Å². The van der Waals surface area contributed by atoms with Crippen LogP contribution in [0.3, 0.4) is 0 Å². The Hall–Kier alpha value is -1.71. The van der Waals surface area contributed by atoms with E-state index in [-0.39, 0.29) is 0 Å². The first kappa shape index (κ1) is 14.7. The van der Waals surface area contributed by atoms with Crippen LogP contribution in [0.25, 0.3) is 0 Å². The third-order valence-corrected chi connectivity index (χ3v) is 3.62. The molecule has 4 nitrogen and oxygen atoms in total. The highest BCUT2D eigenvalue weighted by Crippen LogP contribution is 2.15. The smallest absolute Gasteiger partial charge is 0.222 e. The molecule has 2 rings (SSSR count). The van der Waals surface area contributed by atoms with Crippen LogP contribution in [-0.2, 0) is 4.79 Å². The predicted octanol–water partition coefficient (Wildman–Crippen LogP) is 2.83. The van der Waals surface area contributed by atoms with Crippen molar-refractivity contribution in [3.63, 3.8) is 0 Å². The third-order valence-electron chi connectivity index (χ3n) is 3.62. The summed E-state index contributed by atoms with van der Waals surface area (Å²) >= 11 is 0. The van der Waals surface area contributed by atoms with Gasteiger partial charge in [0.2, 0.25) is 5.91 Å².